The minimum Gasteiger partial charge on any atom is -0.450 e. The summed E-state index contributed by atoms with van der Waals surface area (Å²) in [5.74, 6) is -1.12. The van der Waals surface area contributed by atoms with E-state index in [0.29, 0.717) is 45.9 Å². The van der Waals surface area contributed by atoms with Gasteiger partial charge in [-0.1, -0.05) is 12.2 Å². The Morgan fingerprint density at radius 3 is 2.61 bits per heavy atom. The Morgan fingerprint density at radius 1 is 1.19 bits per heavy atom. The lowest BCUT2D eigenvalue weighted by atomic mass is 9.76. The van der Waals surface area contributed by atoms with Gasteiger partial charge in [0.05, 0.1) is 31.1 Å². The molecule has 0 unspecified atom stereocenters. The fourth-order valence-electron chi connectivity index (χ4n) is 5.24. The Labute approximate surface area is 180 Å². The number of carbonyl (C=O) groups is 3. The molecule has 3 amide bonds. The molecule has 31 heavy (non-hydrogen) atoms. The Bertz CT molecular complexity index is 914. The Morgan fingerprint density at radius 2 is 1.90 bits per heavy atom. The van der Waals surface area contributed by atoms with Gasteiger partial charge in [-0.15, -0.1) is 0 Å². The molecule has 4 aliphatic heterocycles. The van der Waals surface area contributed by atoms with Crippen LogP contribution in [0.15, 0.2) is 36.7 Å². The van der Waals surface area contributed by atoms with E-state index < -0.39 is 17.4 Å². The van der Waals surface area contributed by atoms with E-state index in [9.17, 15) is 14.4 Å². The molecule has 0 aromatic carbocycles. The van der Waals surface area contributed by atoms with Crippen LogP contribution >= 0.6 is 0 Å². The smallest absolute Gasteiger partial charge is 0.409 e. The number of piperazine rings is 1. The van der Waals surface area contributed by atoms with E-state index in [4.69, 9.17) is 9.47 Å². The highest BCUT2D eigenvalue weighted by molar-refractivity contribution is 5.93. The maximum atomic E-state index is 13.4. The second-order valence-electron chi connectivity index (χ2n) is 8.46. The second kappa shape index (κ2) is 7.64. The largest absolute Gasteiger partial charge is 0.450 e. The molecule has 1 aromatic heterocycles. The fourth-order valence-corrected chi connectivity index (χ4v) is 5.24. The maximum absolute atomic E-state index is 13.4. The molecule has 1 aromatic rings. The zero-order chi connectivity index (χ0) is 21.6. The molecule has 4 atom stereocenters. The number of pyridine rings is 1. The summed E-state index contributed by atoms with van der Waals surface area (Å²) in [7, 11) is 0. The van der Waals surface area contributed by atoms with E-state index >= 15 is 0 Å². The van der Waals surface area contributed by atoms with Gasteiger partial charge in [-0.25, -0.2) is 4.79 Å². The number of hydrogen-bond donors (Lipinski definition) is 0. The predicted molar refractivity (Wildman–Crippen MR) is 109 cm³/mol. The number of rotatable bonds is 4. The number of nitrogens with zero attached hydrogens (tertiary/aromatic N) is 4. The summed E-state index contributed by atoms with van der Waals surface area (Å²) in [6.45, 7) is 4.73. The zero-order valence-corrected chi connectivity index (χ0v) is 17.5. The van der Waals surface area contributed by atoms with Gasteiger partial charge in [0, 0.05) is 45.1 Å². The van der Waals surface area contributed by atoms with Crippen molar-refractivity contribution < 1.29 is 23.9 Å². The number of hydrogen-bond acceptors (Lipinski definition) is 6. The number of fused-ring (bicyclic) bond motifs is 1. The quantitative estimate of drug-likeness (QED) is 0.657. The molecule has 3 fully saturated rings. The van der Waals surface area contributed by atoms with Crippen molar-refractivity contribution in [3.05, 3.63) is 42.2 Å². The van der Waals surface area contributed by atoms with Crippen molar-refractivity contribution in [2.75, 3.05) is 39.3 Å². The normalized spacial score (nSPS) is 31.3. The molecule has 9 nitrogen and oxygen atoms in total. The minimum atomic E-state index is -0.720. The first-order valence-corrected chi connectivity index (χ1v) is 10.8. The van der Waals surface area contributed by atoms with Crippen molar-refractivity contribution >= 4 is 17.9 Å². The SMILES string of the molecule is CCOC(=O)N1CCN(C(=O)[C@@H]2[C@H]3C(=O)N(Cc4ccncc4)C[C@]34C=C[C@H]2O4)CC1. The molecule has 5 heterocycles. The van der Waals surface area contributed by atoms with Gasteiger partial charge < -0.3 is 24.2 Å². The van der Waals surface area contributed by atoms with Crippen LogP contribution in [0.2, 0.25) is 0 Å². The molecular formula is C22H26N4O5. The third-order valence-corrected chi connectivity index (χ3v) is 6.70. The first-order chi connectivity index (χ1) is 15.0. The monoisotopic (exact) mass is 426 g/mol. The van der Waals surface area contributed by atoms with Crippen LogP contribution in [-0.4, -0.2) is 88.6 Å². The molecule has 0 N–H and O–H groups in total. The summed E-state index contributed by atoms with van der Waals surface area (Å²) >= 11 is 0. The van der Waals surface area contributed by atoms with Crippen LogP contribution in [0.4, 0.5) is 4.79 Å². The van der Waals surface area contributed by atoms with Crippen LogP contribution in [0, 0.1) is 11.8 Å². The van der Waals surface area contributed by atoms with Crippen molar-refractivity contribution in [2.45, 2.75) is 25.2 Å². The summed E-state index contributed by atoms with van der Waals surface area (Å²) in [6, 6.07) is 3.78. The lowest BCUT2D eigenvalue weighted by Crippen LogP contribution is -2.54. The number of aromatic nitrogens is 1. The highest BCUT2D eigenvalue weighted by atomic mass is 16.6. The molecule has 3 saturated heterocycles. The molecule has 1 spiro atoms. The maximum Gasteiger partial charge on any atom is 0.409 e. The van der Waals surface area contributed by atoms with Crippen molar-refractivity contribution in [1.82, 2.24) is 19.7 Å². The average Bonchev–Trinajstić information content (AvgIpc) is 3.42. The molecule has 5 rings (SSSR count). The summed E-state index contributed by atoms with van der Waals surface area (Å²) in [5, 5.41) is 0. The van der Waals surface area contributed by atoms with Crippen molar-refractivity contribution in [3.8, 4) is 0 Å². The van der Waals surface area contributed by atoms with E-state index in [1.54, 1.807) is 34.0 Å². The molecular weight excluding hydrogens is 400 g/mol. The van der Waals surface area contributed by atoms with Crippen LogP contribution < -0.4 is 0 Å². The number of likely N-dealkylation sites (tertiary alicyclic amines) is 1. The third kappa shape index (κ3) is 3.27. The average molecular weight is 426 g/mol. The lowest BCUT2D eigenvalue weighted by molar-refractivity contribution is -0.144. The Hall–Kier alpha value is -2.94. The van der Waals surface area contributed by atoms with Crippen LogP contribution in [0.1, 0.15) is 12.5 Å². The van der Waals surface area contributed by atoms with E-state index in [-0.39, 0.29) is 24.0 Å². The first-order valence-electron chi connectivity index (χ1n) is 10.8. The Kier molecular flexibility index (Phi) is 4.92. The Balaban J connectivity index is 1.29. The standard InChI is InChI=1S/C22H26N4O5/c1-2-30-21(29)25-11-9-24(10-12-25)19(27)17-16-3-6-22(31-16)14-26(20(28)18(17)22)13-15-4-7-23-8-5-15/h3-8,16-18H,2,9-14H2,1H3/t16-,17+,18+,22-/m1/s1. The number of carbonyl (C=O) groups excluding carboxylic acids is 3. The number of ether oxygens (including phenoxy) is 2. The van der Waals surface area contributed by atoms with Crippen molar-refractivity contribution in [3.63, 3.8) is 0 Å². The fraction of sp³-hybridized carbons (Fsp3) is 0.545. The van der Waals surface area contributed by atoms with Gasteiger partial charge >= 0.3 is 6.09 Å². The summed E-state index contributed by atoms with van der Waals surface area (Å²) in [6.07, 6.45) is 6.59. The van der Waals surface area contributed by atoms with Gasteiger partial charge in [-0.3, -0.25) is 14.6 Å². The van der Waals surface area contributed by atoms with Crippen LogP contribution in [0.3, 0.4) is 0 Å². The summed E-state index contributed by atoms with van der Waals surface area (Å²) in [5.41, 5.74) is 0.276. The van der Waals surface area contributed by atoms with Gasteiger partial charge in [0.25, 0.3) is 0 Å². The van der Waals surface area contributed by atoms with Gasteiger partial charge in [0.15, 0.2) is 0 Å². The molecule has 0 radical (unpaired) electrons. The predicted octanol–water partition coefficient (Wildman–Crippen LogP) is 0.664. The van der Waals surface area contributed by atoms with Crippen molar-refractivity contribution in [2.24, 2.45) is 11.8 Å². The van der Waals surface area contributed by atoms with E-state index in [2.05, 4.69) is 4.98 Å². The molecule has 2 bridgehead atoms. The highest BCUT2D eigenvalue weighted by Gasteiger charge is 2.67. The van der Waals surface area contributed by atoms with Gasteiger partial charge in [-0.2, -0.15) is 0 Å². The molecule has 0 aliphatic carbocycles. The van der Waals surface area contributed by atoms with E-state index in [1.807, 2.05) is 24.3 Å². The zero-order valence-electron chi connectivity index (χ0n) is 17.5. The second-order valence-corrected chi connectivity index (χ2v) is 8.46. The van der Waals surface area contributed by atoms with Gasteiger partial charge in [0.2, 0.25) is 11.8 Å². The van der Waals surface area contributed by atoms with Gasteiger partial charge in [0.1, 0.15) is 5.60 Å². The van der Waals surface area contributed by atoms with E-state index in [0.717, 1.165) is 5.56 Å². The van der Waals surface area contributed by atoms with Gasteiger partial charge in [-0.05, 0) is 24.6 Å². The van der Waals surface area contributed by atoms with Crippen LogP contribution in [0.25, 0.3) is 0 Å². The highest BCUT2D eigenvalue weighted by Crippen LogP contribution is 2.52. The molecule has 4 aliphatic rings. The summed E-state index contributed by atoms with van der Waals surface area (Å²) in [4.78, 5) is 47.9. The van der Waals surface area contributed by atoms with E-state index in [1.165, 1.54) is 0 Å². The summed E-state index contributed by atoms with van der Waals surface area (Å²) < 4.78 is 11.3. The molecule has 164 valence electrons. The minimum absolute atomic E-state index is 0.0350. The van der Waals surface area contributed by atoms with Crippen molar-refractivity contribution in [1.29, 1.82) is 0 Å². The molecule has 0 saturated carbocycles. The number of amides is 3. The molecule has 9 heteroatoms. The third-order valence-electron chi connectivity index (χ3n) is 6.70. The first kappa shape index (κ1) is 20.0. The lowest BCUT2D eigenvalue weighted by Gasteiger charge is -2.36. The van der Waals surface area contributed by atoms with Crippen LogP contribution in [-0.2, 0) is 25.6 Å². The van der Waals surface area contributed by atoms with Crippen LogP contribution in [0.5, 0.6) is 0 Å². The topological polar surface area (TPSA) is 92.3 Å².